The minimum absolute atomic E-state index is 0.0505. The summed E-state index contributed by atoms with van der Waals surface area (Å²) < 4.78 is 2.02. The maximum Gasteiger partial charge on any atom is 0.145 e. The van der Waals surface area contributed by atoms with Crippen molar-refractivity contribution < 1.29 is 0 Å². The van der Waals surface area contributed by atoms with Crippen molar-refractivity contribution in [2.45, 2.75) is 45.6 Å². The van der Waals surface area contributed by atoms with Crippen LogP contribution in [0.25, 0.3) is 10.9 Å². The van der Waals surface area contributed by atoms with E-state index in [1.807, 2.05) is 41.2 Å². The number of hydrogen-bond acceptors (Lipinski definition) is 4. The Morgan fingerprint density at radius 3 is 2.74 bits per heavy atom. The van der Waals surface area contributed by atoms with Crippen molar-refractivity contribution >= 4 is 16.6 Å². The molecular weight excluding hydrogens is 286 g/mol. The third-order valence-corrected chi connectivity index (χ3v) is 3.74. The Labute approximate surface area is 136 Å². The van der Waals surface area contributed by atoms with Crippen molar-refractivity contribution in [2.75, 3.05) is 5.32 Å². The first-order valence-electron chi connectivity index (χ1n) is 8.01. The fraction of sp³-hybridized carbons (Fsp3) is 0.389. The van der Waals surface area contributed by atoms with Gasteiger partial charge in [0.2, 0.25) is 0 Å². The van der Waals surface area contributed by atoms with E-state index < -0.39 is 0 Å². The van der Waals surface area contributed by atoms with Gasteiger partial charge < -0.3 is 5.32 Å². The standard InChI is InChI=1S/C18H21N5/c1-2-3-4-5-6-9-23-18-10-17(8-7-16(18)14-22-23)21-13-15(11-19)12-20/h7-8,10,13-14,21H,2-6,9H2,1H3. The van der Waals surface area contributed by atoms with Gasteiger partial charge in [-0.2, -0.15) is 15.6 Å². The van der Waals surface area contributed by atoms with Crippen LogP contribution in [0.5, 0.6) is 0 Å². The fourth-order valence-electron chi connectivity index (χ4n) is 2.45. The van der Waals surface area contributed by atoms with Gasteiger partial charge in [-0.15, -0.1) is 0 Å². The molecule has 0 saturated carbocycles. The van der Waals surface area contributed by atoms with E-state index >= 15 is 0 Å². The third-order valence-electron chi connectivity index (χ3n) is 3.74. The van der Waals surface area contributed by atoms with Gasteiger partial charge in [-0.3, -0.25) is 4.68 Å². The normalized spacial score (nSPS) is 10.0. The summed E-state index contributed by atoms with van der Waals surface area (Å²) in [6.07, 6.45) is 9.47. The number of anilines is 1. The van der Waals surface area contributed by atoms with Crippen molar-refractivity contribution in [3.8, 4) is 12.1 Å². The number of allylic oxidation sites excluding steroid dienone is 1. The first-order valence-corrected chi connectivity index (χ1v) is 8.01. The highest BCUT2D eigenvalue weighted by Gasteiger charge is 2.04. The molecule has 5 nitrogen and oxygen atoms in total. The Hall–Kier alpha value is -2.79. The Kier molecular flexibility index (Phi) is 6.20. The molecule has 118 valence electrons. The molecule has 2 rings (SSSR count). The zero-order chi connectivity index (χ0) is 16.5. The van der Waals surface area contributed by atoms with Crippen molar-refractivity contribution in [1.29, 1.82) is 10.5 Å². The van der Waals surface area contributed by atoms with Crippen LogP contribution >= 0.6 is 0 Å². The van der Waals surface area contributed by atoms with Gasteiger partial charge in [0.1, 0.15) is 17.7 Å². The SMILES string of the molecule is CCCCCCCn1ncc2ccc(NC=C(C#N)C#N)cc21. The quantitative estimate of drug-likeness (QED) is 0.581. The van der Waals surface area contributed by atoms with E-state index in [4.69, 9.17) is 10.5 Å². The van der Waals surface area contributed by atoms with Crippen LogP contribution in [0.2, 0.25) is 0 Å². The maximum atomic E-state index is 8.75. The lowest BCUT2D eigenvalue weighted by Crippen LogP contribution is -2.00. The molecule has 2 aromatic rings. The highest BCUT2D eigenvalue weighted by atomic mass is 15.3. The van der Waals surface area contributed by atoms with E-state index in [1.54, 1.807) is 0 Å². The summed E-state index contributed by atoms with van der Waals surface area (Å²) in [4.78, 5) is 0. The third kappa shape index (κ3) is 4.59. The lowest BCUT2D eigenvalue weighted by Gasteiger charge is -2.05. The largest absolute Gasteiger partial charge is 0.360 e. The number of nitrogens with zero attached hydrogens (tertiary/aromatic N) is 4. The minimum Gasteiger partial charge on any atom is -0.360 e. The molecule has 0 fully saturated rings. The van der Waals surface area contributed by atoms with Gasteiger partial charge >= 0.3 is 0 Å². The highest BCUT2D eigenvalue weighted by molar-refractivity contribution is 5.82. The van der Waals surface area contributed by atoms with Crippen LogP contribution in [0.3, 0.4) is 0 Å². The Morgan fingerprint density at radius 1 is 1.22 bits per heavy atom. The number of aromatic nitrogens is 2. The first kappa shape index (κ1) is 16.6. The number of hydrogen-bond donors (Lipinski definition) is 1. The smallest absolute Gasteiger partial charge is 0.145 e. The molecule has 0 amide bonds. The van der Waals surface area contributed by atoms with Crippen molar-refractivity contribution in [1.82, 2.24) is 9.78 Å². The molecule has 0 aliphatic carbocycles. The van der Waals surface area contributed by atoms with E-state index in [2.05, 4.69) is 17.3 Å². The number of nitrogens with one attached hydrogen (secondary N) is 1. The molecule has 1 aromatic heterocycles. The molecule has 0 aliphatic rings. The van der Waals surface area contributed by atoms with Gasteiger partial charge in [0, 0.05) is 23.8 Å². The Balaban J connectivity index is 2.06. The molecule has 1 heterocycles. The van der Waals surface area contributed by atoms with Crippen LogP contribution in [-0.4, -0.2) is 9.78 Å². The number of unbranched alkanes of at least 4 members (excludes halogenated alkanes) is 4. The lowest BCUT2D eigenvalue weighted by atomic mass is 10.1. The van der Waals surface area contributed by atoms with Crippen molar-refractivity contribution in [3.63, 3.8) is 0 Å². The van der Waals surface area contributed by atoms with E-state index in [1.165, 1.54) is 31.9 Å². The summed E-state index contributed by atoms with van der Waals surface area (Å²) in [5.74, 6) is 0. The number of benzene rings is 1. The average molecular weight is 307 g/mol. The molecule has 0 unspecified atom stereocenters. The molecule has 0 aliphatic heterocycles. The summed E-state index contributed by atoms with van der Waals surface area (Å²) in [5, 5.41) is 26.0. The van der Waals surface area contributed by atoms with E-state index in [0.717, 1.165) is 29.6 Å². The molecule has 0 atom stereocenters. The van der Waals surface area contributed by atoms with Gasteiger partial charge in [0.25, 0.3) is 0 Å². The topological polar surface area (TPSA) is 77.4 Å². The van der Waals surface area contributed by atoms with E-state index in [-0.39, 0.29) is 5.57 Å². The summed E-state index contributed by atoms with van der Waals surface area (Å²) in [6, 6.07) is 9.56. The van der Waals surface area contributed by atoms with E-state index in [0.29, 0.717) is 0 Å². The average Bonchev–Trinajstić information content (AvgIpc) is 2.98. The molecule has 1 N–H and O–H groups in total. The lowest BCUT2D eigenvalue weighted by molar-refractivity contribution is 0.544. The summed E-state index contributed by atoms with van der Waals surface area (Å²) in [6.45, 7) is 3.13. The van der Waals surface area contributed by atoms with Gasteiger partial charge in [0.05, 0.1) is 11.7 Å². The van der Waals surface area contributed by atoms with Crippen LogP contribution in [0.1, 0.15) is 39.0 Å². The molecule has 0 radical (unpaired) electrons. The monoisotopic (exact) mass is 307 g/mol. The maximum absolute atomic E-state index is 8.75. The zero-order valence-electron chi connectivity index (χ0n) is 13.4. The first-order chi connectivity index (χ1) is 11.3. The summed E-state index contributed by atoms with van der Waals surface area (Å²) in [7, 11) is 0. The fourth-order valence-corrected chi connectivity index (χ4v) is 2.45. The second kappa shape index (κ2) is 8.60. The molecule has 0 spiro atoms. The molecule has 0 bridgehead atoms. The van der Waals surface area contributed by atoms with Gasteiger partial charge in [-0.25, -0.2) is 0 Å². The van der Waals surface area contributed by atoms with Crippen LogP contribution in [0, 0.1) is 22.7 Å². The predicted octanol–water partition coefficient (Wildman–Crippen LogP) is 4.35. The molecular formula is C18H21N5. The van der Waals surface area contributed by atoms with Crippen molar-refractivity contribution in [3.05, 3.63) is 36.2 Å². The van der Waals surface area contributed by atoms with Gasteiger partial charge in [0.15, 0.2) is 0 Å². The number of rotatable bonds is 8. The molecule has 1 aromatic carbocycles. The van der Waals surface area contributed by atoms with Gasteiger partial charge in [-0.05, 0) is 24.6 Å². The molecule has 5 heteroatoms. The summed E-state index contributed by atoms with van der Waals surface area (Å²) >= 11 is 0. The number of aryl methyl sites for hydroxylation is 1. The van der Waals surface area contributed by atoms with Crippen molar-refractivity contribution in [2.24, 2.45) is 0 Å². The minimum atomic E-state index is 0.0505. The highest BCUT2D eigenvalue weighted by Crippen LogP contribution is 2.20. The van der Waals surface area contributed by atoms with Crippen LogP contribution < -0.4 is 5.32 Å². The summed E-state index contributed by atoms with van der Waals surface area (Å²) in [5.41, 5.74) is 1.96. The molecule has 0 saturated heterocycles. The number of fused-ring (bicyclic) bond motifs is 1. The van der Waals surface area contributed by atoms with E-state index in [9.17, 15) is 0 Å². The Morgan fingerprint density at radius 2 is 2.00 bits per heavy atom. The van der Waals surface area contributed by atoms with Gasteiger partial charge in [-0.1, -0.05) is 32.6 Å². The van der Waals surface area contributed by atoms with Crippen LogP contribution in [-0.2, 0) is 6.54 Å². The van der Waals surface area contributed by atoms with Crippen LogP contribution in [0.4, 0.5) is 5.69 Å². The predicted molar refractivity (Wildman–Crippen MR) is 91.4 cm³/mol. The zero-order valence-corrected chi connectivity index (χ0v) is 13.4. The Bertz CT molecular complexity index is 742. The molecule has 23 heavy (non-hydrogen) atoms. The second-order valence-electron chi connectivity index (χ2n) is 5.48. The second-order valence-corrected chi connectivity index (χ2v) is 5.48. The number of nitriles is 2. The van der Waals surface area contributed by atoms with Crippen LogP contribution in [0.15, 0.2) is 36.2 Å².